The lowest BCUT2D eigenvalue weighted by Crippen LogP contribution is -2.17. The summed E-state index contributed by atoms with van der Waals surface area (Å²) < 4.78 is 23.0. The van der Waals surface area contributed by atoms with Crippen molar-refractivity contribution in [1.82, 2.24) is 0 Å². The van der Waals surface area contributed by atoms with Crippen LogP contribution < -0.4 is 0 Å². The molecule has 0 saturated heterocycles. The third-order valence-corrected chi connectivity index (χ3v) is 2.34. The Kier molecular flexibility index (Phi) is 5.94. The molecule has 1 unspecified atom stereocenters. The summed E-state index contributed by atoms with van der Waals surface area (Å²) in [5.74, 6) is -0.832. The van der Waals surface area contributed by atoms with Crippen LogP contribution in [-0.2, 0) is 14.3 Å². The quantitative estimate of drug-likeness (QED) is 0.583. The van der Waals surface area contributed by atoms with Gasteiger partial charge in [0.25, 0.3) is 0 Å². The molecular weight excluding hydrogens is 247 g/mol. The van der Waals surface area contributed by atoms with E-state index in [0.29, 0.717) is 12.2 Å². The number of hydrogen-bond acceptors (Lipinski definition) is 3. The van der Waals surface area contributed by atoms with E-state index in [1.807, 2.05) is 0 Å². The van der Waals surface area contributed by atoms with Gasteiger partial charge in [0.05, 0.1) is 5.88 Å². The topological polar surface area (TPSA) is 35.5 Å². The summed E-state index contributed by atoms with van der Waals surface area (Å²) in [5.41, 5.74) is 0.532. The number of ether oxygens (including phenoxy) is 2. The smallest absolute Gasteiger partial charge is 0.332 e. The van der Waals surface area contributed by atoms with Crippen LogP contribution in [0.3, 0.4) is 0 Å². The summed E-state index contributed by atoms with van der Waals surface area (Å²) in [5, 5.41) is 0. The Bertz CT molecular complexity index is 371. The molecule has 1 aromatic carbocycles. The molecule has 0 saturated carbocycles. The van der Waals surface area contributed by atoms with Gasteiger partial charge in [-0.05, 0) is 24.6 Å². The van der Waals surface area contributed by atoms with Gasteiger partial charge in [-0.25, -0.2) is 9.18 Å². The Morgan fingerprint density at radius 3 is 2.88 bits per heavy atom. The van der Waals surface area contributed by atoms with Gasteiger partial charge < -0.3 is 9.47 Å². The molecule has 0 aromatic heterocycles. The maximum Gasteiger partial charge on any atom is 0.332 e. The molecule has 0 fully saturated rings. The molecule has 0 spiro atoms. The molecule has 17 heavy (non-hydrogen) atoms. The highest BCUT2D eigenvalue weighted by Gasteiger charge is 2.16. The highest BCUT2D eigenvalue weighted by molar-refractivity contribution is 6.18. The van der Waals surface area contributed by atoms with Crippen molar-refractivity contribution in [1.29, 1.82) is 0 Å². The Labute approximate surface area is 104 Å². The van der Waals surface area contributed by atoms with Crippen molar-refractivity contribution < 1.29 is 18.7 Å². The van der Waals surface area contributed by atoms with Gasteiger partial charge in [-0.2, -0.15) is 0 Å². The first-order valence-electron chi connectivity index (χ1n) is 5.26. The number of halogens is 2. The first kappa shape index (κ1) is 13.9. The molecule has 3 nitrogen and oxygen atoms in total. The number of benzene rings is 1. The van der Waals surface area contributed by atoms with Crippen molar-refractivity contribution in [3.63, 3.8) is 0 Å². The standard InChI is InChI=1S/C12H14ClFO3/c1-2-16-8-12(15)17-11(7-13)9-4-3-5-10(14)6-9/h3-6,11H,2,7-8H2,1H3. The molecule has 1 rings (SSSR count). The normalized spacial score (nSPS) is 12.2. The molecule has 0 N–H and O–H groups in total. The van der Waals surface area contributed by atoms with Crippen LogP contribution in [0.4, 0.5) is 4.39 Å². The van der Waals surface area contributed by atoms with E-state index in [9.17, 15) is 9.18 Å². The van der Waals surface area contributed by atoms with Crippen LogP contribution in [0.5, 0.6) is 0 Å². The summed E-state index contributed by atoms with van der Waals surface area (Å²) in [7, 11) is 0. The first-order chi connectivity index (χ1) is 8.17. The van der Waals surface area contributed by atoms with Crippen molar-refractivity contribution in [2.24, 2.45) is 0 Å². The predicted octanol–water partition coefficient (Wildman–Crippen LogP) is 2.69. The molecule has 0 heterocycles. The minimum absolute atomic E-state index is 0.0708. The van der Waals surface area contributed by atoms with E-state index in [2.05, 4.69) is 0 Å². The van der Waals surface area contributed by atoms with Gasteiger partial charge in [0.15, 0.2) is 0 Å². The Morgan fingerprint density at radius 2 is 2.29 bits per heavy atom. The zero-order chi connectivity index (χ0) is 12.7. The predicted molar refractivity (Wildman–Crippen MR) is 62.4 cm³/mol. The van der Waals surface area contributed by atoms with E-state index in [-0.39, 0.29) is 12.5 Å². The zero-order valence-corrected chi connectivity index (χ0v) is 10.2. The summed E-state index contributed by atoms with van der Waals surface area (Å²) in [6, 6.07) is 5.81. The molecule has 0 bridgehead atoms. The highest BCUT2D eigenvalue weighted by atomic mass is 35.5. The number of rotatable bonds is 6. The average molecular weight is 261 g/mol. The Hall–Kier alpha value is -1.13. The summed E-state index contributed by atoms with van der Waals surface area (Å²) in [6.45, 7) is 2.08. The lowest BCUT2D eigenvalue weighted by atomic mass is 10.1. The third-order valence-electron chi connectivity index (χ3n) is 2.06. The molecule has 1 atom stereocenters. The number of carbonyl (C=O) groups is 1. The van der Waals surface area contributed by atoms with Gasteiger partial charge in [-0.15, -0.1) is 11.6 Å². The largest absolute Gasteiger partial charge is 0.454 e. The molecule has 5 heteroatoms. The summed E-state index contributed by atoms with van der Waals surface area (Å²) in [4.78, 5) is 11.3. The SMILES string of the molecule is CCOCC(=O)OC(CCl)c1cccc(F)c1. The van der Waals surface area contributed by atoms with E-state index < -0.39 is 17.9 Å². The van der Waals surface area contributed by atoms with Gasteiger partial charge in [0, 0.05) is 6.61 Å². The Morgan fingerprint density at radius 1 is 1.53 bits per heavy atom. The van der Waals surface area contributed by atoms with Crippen molar-refractivity contribution >= 4 is 17.6 Å². The Balaban J connectivity index is 2.62. The van der Waals surface area contributed by atoms with E-state index >= 15 is 0 Å². The van der Waals surface area contributed by atoms with Crippen molar-refractivity contribution in [3.8, 4) is 0 Å². The second-order valence-corrected chi connectivity index (χ2v) is 3.63. The van der Waals surface area contributed by atoms with E-state index in [4.69, 9.17) is 21.1 Å². The van der Waals surface area contributed by atoms with E-state index in [1.54, 1.807) is 19.1 Å². The number of esters is 1. The average Bonchev–Trinajstić information content (AvgIpc) is 2.33. The highest BCUT2D eigenvalue weighted by Crippen LogP contribution is 2.20. The minimum Gasteiger partial charge on any atom is -0.454 e. The fourth-order valence-corrected chi connectivity index (χ4v) is 1.51. The molecule has 94 valence electrons. The second-order valence-electron chi connectivity index (χ2n) is 3.32. The van der Waals surface area contributed by atoms with Gasteiger partial charge in [0.2, 0.25) is 0 Å². The van der Waals surface area contributed by atoms with Crippen LogP contribution in [-0.4, -0.2) is 25.1 Å². The van der Waals surface area contributed by atoms with Crippen LogP contribution in [0.15, 0.2) is 24.3 Å². The van der Waals surface area contributed by atoms with Crippen LogP contribution in [0.25, 0.3) is 0 Å². The van der Waals surface area contributed by atoms with E-state index in [0.717, 1.165) is 0 Å². The second kappa shape index (κ2) is 7.25. The van der Waals surface area contributed by atoms with Gasteiger partial charge in [-0.1, -0.05) is 12.1 Å². The molecule has 0 aliphatic rings. The molecule has 0 amide bonds. The zero-order valence-electron chi connectivity index (χ0n) is 9.49. The maximum atomic E-state index is 13.0. The lowest BCUT2D eigenvalue weighted by Gasteiger charge is -2.15. The monoisotopic (exact) mass is 260 g/mol. The van der Waals surface area contributed by atoms with Crippen molar-refractivity contribution in [2.75, 3.05) is 19.1 Å². The number of alkyl halides is 1. The van der Waals surface area contributed by atoms with Crippen LogP contribution in [0.2, 0.25) is 0 Å². The molecular formula is C12H14ClFO3. The molecule has 0 aliphatic heterocycles. The van der Waals surface area contributed by atoms with Gasteiger partial charge in [0.1, 0.15) is 18.5 Å². The van der Waals surface area contributed by atoms with Gasteiger partial charge >= 0.3 is 5.97 Å². The van der Waals surface area contributed by atoms with Crippen LogP contribution in [0, 0.1) is 5.82 Å². The van der Waals surface area contributed by atoms with Gasteiger partial charge in [-0.3, -0.25) is 0 Å². The fraction of sp³-hybridized carbons (Fsp3) is 0.417. The fourth-order valence-electron chi connectivity index (χ4n) is 1.27. The molecule has 0 radical (unpaired) electrons. The van der Waals surface area contributed by atoms with Crippen molar-refractivity contribution in [3.05, 3.63) is 35.6 Å². The minimum atomic E-state index is -0.652. The lowest BCUT2D eigenvalue weighted by molar-refractivity contribution is -0.153. The van der Waals surface area contributed by atoms with Crippen LogP contribution in [0.1, 0.15) is 18.6 Å². The summed E-state index contributed by atoms with van der Waals surface area (Å²) >= 11 is 5.69. The molecule has 1 aromatic rings. The number of hydrogen-bond donors (Lipinski definition) is 0. The first-order valence-corrected chi connectivity index (χ1v) is 5.79. The third kappa shape index (κ3) is 4.71. The van der Waals surface area contributed by atoms with E-state index in [1.165, 1.54) is 12.1 Å². The summed E-state index contributed by atoms with van der Waals surface area (Å²) in [6.07, 6.45) is -0.652. The van der Waals surface area contributed by atoms with Crippen LogP contribution >= 0.6 is 11.6 Å². The maximum absolute atomic E-state index is 13.0. The molecule has 0 aliphatic carbocycles. The van der Waals surface area contributed by atoms with Crippen molar-refractivity contribution in [2.45, 2.75) is 13.0 Å². The number of carbonyl (C=O) groups excluding carboxylic acids is 1.